The van der Waals surface area contributed by atoms with Crippen molar-refractivity contribution in [2.75, 3.05) is 18.5 Å². The number of nitrogens with zero attached hydrogens (tertiary/aromatic N) is 3. The van der Waals surface area contributed by atoms with Gasteiger partial charge in [-0.15, -0.1) is 5.10 Å². The van der Waals surface area contributed by atoms with E-state index in [0.29, 0.717) is 32.6 Å². The van der Waals surface area contributed by atoms with Gasteiger partial charge >= 0.3 is 0 Å². The zero-order valence-corrected chi connectivity index (χ0v) is 13.2. The highest BCUT2D eigenvalue weighted by atomic mass is 35.5. The van der Waals surface area contributed by atoms with Crippen LogP contribution in [0.2, 0.25) is 5.02 Å². The maximum absolute atomic E-state index is 12.5. The van der Waals surface area contributed by atoms with Crippen molar-refractivity contribution in [1.82, 2.24) is 14.6 Å². The molecule has 1 fully saturated rings. The summed E-state index contributed by atoms with van der Waals surface area (Å²) in [6.07, 6.45) is 2.37. The predicted octanol–water partition coefficient (Wildman–Crippen LogP) is 2.55. The van der Waals surface area contributed by atoms with E-state index in [2.05, 4.69) is 15.4 Å². The molecule has 0 spiro atoms. The molecule has 1 atom stereocenters. The molecule has 4 rings (SSSR count). The van der Waals surface area contributed by atoms with Gasteiger partial charge in [0.1, 0.15) is 0 Å². The lowest BCUT2D eigenvalue weighted by Gasteiger charge is -2.08. The summed E-state index contributed by atoms with van der Waals surface area (Å²) < 4.78 is 6.88. The second kappa shape index (κ2) is 5.49. The average Bonchev–Trinajstić information content (AvgIpc) is 3.15. The Hall–Kier alpha value is -1.70. The Labute approximate surface area is 134 Å². The van der Waals surface area contributed by atoms with Gasteiger partial charge in [-0.25, -0.2) is 4.98 Å². The van der Waals surface area contributed by atoms with Crippen molar-refractivity contribution in [3.8, 4) is 0 Å². The van der Waals surface area contributed by atoms with Crippen LogP contribution in [0.15, 0.2) is 23.0 Å². The van der Waals surface area contributed by atoms with E-state index in [1.807, 2.05) is 0 Å². The van der Waals surface area contributed by atoms with Gasteiger partial charge in [-0.2, -0.15) is 4.52 Å². The van der Waals surface area contributed by atoms with Crippen molar-refractivity contribution in [1.29, 1.82) is 0 Å². The van der Waals surface area contributed by atoms with Gasteiger partial charge in [-0.05, 0) is 31.0 Å². The van der Waals surface area contributed by atoms with Crippen molar-refractivity contribution >= 4 is 43.9 Å². The van der Waals surface area contributed by atoms with Crippen molar-refractivity contribution < 1.29 is 4.74 Å². The minimum atomic E-state index is -0.205. The number of nitrogens with one attached hydrogen (secondary N) is 1. The van der Waals surface area contributed by atoms with Gasteiger partial charge in [0.2, 0.25) is 10.1 Å². The van der Waals surface area contributed by atoms with E-state index >= 15 is 0 Å². The third-order valence-electron chi connectivity index (χ3n) is 3.66. The van der Waals surface area contributed by atoms with Crippen molar-refractivity contribution in [2.24, 2.45) is 0 Å². The Balaban J connectivity index is 1.71. The molecule has 0 bridgehead atoms. The lowest BCUT2D eigenvalue weighted by atomic mass is 10.2. The zero-order valence-electron chi connectivity index (χ0n) is 11.6. The molecule has 6 nitrogen and oxygen atoms in total. The number of rotatable bonds is 3. The first-order valence-corrected chi connectivity index (χ1v) is 8.25. The monoisotopic (exact) mass is 336 g/mol. The van der Waals surface area contributed by atoms with E-state index in [1.165, 1.54) is 15.9 Å². The number of hydrogen-bond acceptors (Lipinski definition) is 6. The molecule has 114 valence electrons. The summed E-state index contributed by atoms with van der Waals surface area (Å²) in [5.41, 5.74) is 0.424. The molecule has 8 heteroatoms. The van der Waals surface area contributed by atoms with Crippen LogP contribution in [0.5, 0.6) is 0 Å². The van der Waals surface area contributed by atoms with E-state index in [-0.39, 0.29) is 11.7 Å². The topological polar surface area (TPSA) is 68.5 Å². The van der Waals surface area contributed by atoms with Gasteiger partial charge < -0.3 is 10.1 Å². The summed E-state index contributed by atoms with van der Waals surface area (Å²) in [6.45, 7) is 1.51. The number of aromatic nitrogens is 3. The minimum Gasteiger partial charge on any atom is -0.376 e. The number of hydrogen-bond donors (Lipinski definition) is 1. The van der Waals surface area contributed by atoms with Crippen molar-refractivity contribution in [3.05, 3.63) is 33.6 Å². The molecular weight excluding hydrogens is 324 g/mol. The number of halogens is 1. The molecule has 3 aromatic rings. The third-order valence-corrected chi connectivity index (χ3v) is 4.76. The fourth-order valence-electron chi connectivity index (χ4n) is 2.56. The molecule has 0 radical (unpaired) electrons. The fraction of sp³-hybridized carbons (Fsp3) is 0.357. The van der Waals surface area contributed by atoms with Crippen LogP contribution in [0.25, 0.3) is 15.9 Å². The van der Waals surface area contributed by atoms with E-state index in [4.69, 9.17) is 16.3 Å². The van der Waals surface area contributed by atoms with Crippen molar-refractivity contribution in [2.45, 2.75) is 18.9 Å². The lowest BCUT2D eigenvalue weighted by molar-refractivity contribution is 0.120. The normalized spacial score (nSPS) is 18.3. The molecule has 1 saturated heterocycles. The fourth-order valence-corrected chi connectivity index (χ4v) is 3.54. The molecule has 2 aromatic heterocycles. The maximum atomic E-state index is 12.5. The van der Waals surface area contributed by atoms with Crippen LogP contribution in [0.4, 0.5) is 5.13 Å². The first-order chi connectivity index (χ1) is 10.7. The van der Waals surface area contributed by atoms with Gasteiger partial charge in [0.15, 0.2) is 0 Å². The number of ether oxygens (including phenoxy) is 1. The number of benzene rings is 1. The Kier molecular flexibility index (Phi) is 3.48. The summed E-state index contributed by atoms with van der Waals surface area (Å²) in [5, 5.41) is 9.18. The highest BCUT2D eigenvalue weighted by molar-refractivity contribution is 7.20. The second-order valence-electron chi connectivity index (χ2n) is 5.20. The molecule has 1 aliphatic heterocycles. The minimum absolute atomic E-state index is 0.205. The largest absolute Gasteiger partial charge is 0.376 e. The molecule has 1 aromatic carbocycles. The number of anilines is 1. The van der Waals surface area contributed by atoms with Crippen LogP contribution in [-0.4, -0.2) is 33.9 Å². The average molecular weight is 337 g/mol. The first kappa shape index (κ1) is 13.9. The summed E-state index contributed by atoms with van der Waals surface area (Å²) in [4.78, 5) is 17.5. The van der Waals surface area contributed by atoms with Gasteiger partial charge in [0.05, 0.1) is 17.0 Å². The van der Waals surface area contributed by atoms with Crippen LogP contribution in [0.3, 0.4) is 0 Å². The Morgan fingerprint density at radius 1 is 1.50 bits per heavy atom. The summed E-state index contributed by atoms with van der Waals surface area (Å²) >= 11 is 7.30. The molecule has 22 heavy (non-hydrogen) atoms. The Morgan fingerprint density at radius 3 is 3.23 bits per heavy atom. The molecule has 3 heterocycles. The smallest absolute Gasteiger partial charge is 0.283 e. The van der Waals surface area contributed by atoms with E-state index in [1.54, 1.807) is 18.2 Å². The summed E-state index contributed by atoms with van der Waals surface area (Å²) in [5.74, 6) is 0. The van der Waals surface area contributed by atoms with Crippen LogP contribution < -0.4 is 10.9 Å². The molecule has 0 unspecified atom stereocenters. The van der Waals surface area contributed by atoms with E-state index < -0.39 is 0 Å². The summed E-state index contributed by atoms with van der Waals surface area (Å²) in [6, 6.07) is 5.10. The zero-order chi connectivity index (χ0) is 15.1. The van der Waals surface area contributed by atoms with Gasteiger partial charge in [-0.1, -0.05) is 22.9 Å². The van der Waals surface area contributed by atoms with Crippen LogP contribution in [0.1, 0.15) is 12.8 Å². The van der Waals surface area contributed by atoms with Crippen LogP contribution >= 0.6 is 22.9 Å². The molecule has 1 N–H and O–H groups in total. The predicted molar refractivity (Wildman–Crippen MR) is 87.1 cm³/mol. The molecule has 0 aliphatic carbocycles. The number of fused-ring (bicyclic) bond motifs is 2. The third kappa shape index (κ3) is 2.45. The molecule has 0 saturated carbocycles. The van der Waals surface area contributed by atoms with Crippen LogP contribution in [0, 0.1) is 0 Å². The second-order valence-corrected chi connectivity index (χ2v) is 6.59. The van der Waals surface area contributed by atoms with Gasteiger partial charge in [0, 0.05) is 18.2 Å². The van der Waals surface area contributed by atoms with E-state index in [9.17, 15) is 4.79 Å². The standard InChI is InChI=1S/C14H13ClN4O2S/c15-8-3-4-11-10(6-8)12(20)19-14(17-11)22-13(18-19)16-7-9-2-1-5-21-9/h3-4,6,9H,1-2,5,7H2,(H,16,18)/t9-/m1/s1. The lowest BCUT2D eigenvalue weighted by Crippen LogP contribution is -2.19. The maximum Gasteiger partial charge on any atom is 0.283 e. The SMILES string of the molecule is O=c1c2cc(Cl)ccc2nc2sc(NC[C@H]3CCCO3)nn12. The van der Waals surface area contributed by atoms with Crippen LogP contribution in [-0.2, 0) is 4.74 Å². The molecule has 1 aliphatic rings. The quantitative estimate of drug-likeness (QED) is 0.796. The summed E-state index contributed by atoms with van der Waals surface area (Å²) in [7, 11) is 0. The molecule has 0 amide bonds. The van der Waals surface area contributed by atoms with E-state index in [0.717, 1.165) is 19.4 Å². The first-order valence-electron chi connectivity index (χ1n) is 7.05. The highest BCUT2D eigenvalue weighted by Crippen LogP contribution is 2.21. The molecular formula is C14H13ClN4O2S. The highest BCUT2D eigenvalue weighted by Gasteiger charge is 2.16. The Bertz CT molecular complexity index is 901. The van der Waals surface area contributed by atoms with Gasteiger partial charge in [-0.3, -0.25) is 4.79 Å². The Morgan fingerprint density at radius 2 is 2.41 bits per heavy atom. The van der Waals surface area contributed by atoms with Gasteiger partial charge in [0.25, 0.3) is 5.56 Å². The van der Waals surface area contributed by atoms with Crippen molar-refractivity contribution in [3.63, 3.8) is 0 Å².